The molecule has 0 N–H and O–H groups in total. The zero-order valence-electron chi connectivity index (χ0n) is 16.0. The maximum absolute atomic E-state index is 12.8. The van der Waals surface area contributed by atoms with Crippen LogP contribution in [-0.2, 0) is 14.9 Å². The van der Waals surface area contributed by atoms with E-state index in [0.29, 0.717) is 12.8 Å². The van der Waals surface area contributed by atoms with Crippen molar-refractivity contribution >= 4 is 16.1 Å². The van der Waals surface area contributed by atoms with Gasteiger partial charge in [-0.1, -0.05) is 13.8 Å². The second-order valence-electron chi connectivity index (χ2n) is 7.14. The van der Waals surface area contributed by atoms with Crippen molar-refractivity contribution in [3.63, 3.8) is 0 Å². The summed E-state index contributed by atoms with van der Waals surface area (Å²) in [6.07, 6.45) is -1.94. The Kier molecular flexibility index (Phi) is 7.05. The van der Waals surface area contributed by atoms with Crippen LogP contribution >= 0.6 is 0 Å². The molecule has 0 saturated heterocycles. The van der Waals surface area contributed by atoms with Crippen LogP contribution in [0.1, 0.15) is 49.9 Å². The molecule has 1 aliphatic carbocycles. The van der Waals surface area contributed by atoms with E-state index in [9.17, 15) is 30.9 Å². The highest BCUT2D eigenvalue weighted by molar-refractivity contribution is 7.85. The Morgan fingerprint density at radius 2 is 1.83 bits per heavy atom. The lowest BCUT2D eigenvalue weighted by molar-refractivity contribution is -0.275. The van der Waals surface area contributed by atoms with Gasteiger partial charge in [-0.15, -0.1) is 13.2 Å². The van der Waals surface area contributed by atoms with E-state index in [1.54, 1.807) is 0 Å². The van der Waals surface area contributed by atoms with Gasteiger partial charge in [-0.3, -0.25) is 0 Å². The van der Waals surface area contributed by atoms with Gasteiger partial charge in [0, 0.05) is 0 Å². The highest BCUT2D eigenvalue weighted by Crippen LogP contribution is 2.43. The normalized spacial score (nSPS) is 16.7. The second kappa shape index (κ2) is 8.78. The number of ether oxygens (including phenoxy) is 3. The third kappa shape index (κ3) is 6.77. The van der Waals surface area contributed by atoms with Gasteiger partial charge in [-0.2, -0.15) is 0 Å². The van der Waals surface area contributed by atoms with E-state index in [4.69, 9.17) is 9.47 Å². The quantitative estimate of drug-likeness (QED) is 0.450. The van der Waals surface area contributed by atoms with Crippen molar-refractivity contribution in [2.45, 2.75) is 51.5 Å². The van der Waals surface area contributed by atoms with Crippen LogP contribution in [0.15, 0.2) is 18.2 Å². The van der Waals surface area contributed by atoms with Gasteiger partial charge in [-0.05, 0) is 49.8 Å². The maximum atomic E-state index is 12.8. The molecule has 11 heteroatoms. The van der Waals surface area contributed by atoms with E-state index < -0.39 is 46.2 Å². The van der Waals surface area contributed by atoms with Crippen LogP contribution in [0.3, 0.4) is 0 Å². The lowest BCUT2D eigenvalue weighted by Crippen LogP contribution is -2.38. The number of rotatable bonds is 8. The molecule has 1 saturated carbocycles. The molecular formula is C18H22F3O7S-. The molecule has 0 atom stereocenters. The van der Waals surface area contributed by atoms with Crippen LogP contribution in [0.25, 0.3) is 0 Å². The summed E-state index contributed by atoms with van der Waals surface area (Å²) < 4.78 is 84.8. The molecule has 1 aromatic carbocycles. The zero-order chi connectivity index (χ0) is 21.9. The summed E-state index contributed by atoms with van der Waals surface area (Å²) in [5.74, 6) is -2.76. The fraction of sp³-hybridized carbons (Fsp3) is 0.611. The summed E-state index contributed by atoms with van der Waals surface area (Å²) in [6, 6.07) is 3.04. The number of alkyl halides is 3. The Bertz CT molecular complexity index is 828. The molecule has 2 rings (SSSR count). The van der Waals surface area contributed by atoms with Crippen LogP contribution in [0.5, 0.6) is 11.5 Å². The zero-order valence-corrected chi connectivity index (χ0v) is 16.8. The number of benzene rings is 1. The molecular weight excluding hydrogens is 417 g/mol. The van der Waals surface area contributed by atoms with Crippen LogP contribution in [-0.4, -0.2) is 43.3 Å². The first kappa shape index (κ1) is 23.3. The summed E-state index contributed by atoms with van der Waals surface area (Å²) in [5, 5.41) is 0. The summed E-state index contributed by atoms with van der Waals surface area (Å²) in [6.45, 7) is 3.13. The van der Waals surface area contributed by atoms with E-state index in [0.717, 1.165) is 31.0 Å². The molecule has 0 unspecified atom stereocenters. The average Bonchev–Trinajstić information content (AvgIpc) is 3.04. The summed E-state index contributed by atoms with van der Waals surface area (Å²) >= 11 is 0. The first-order valence-corrected chi connectivity index (χ1v) is 10.6. The van der Waals surface area contributed by atoms with E-state index in [1.165, 1.54) is 0 Å². The minimum atomic E-state index is -4.96. The minimum absolute atomic E-state index is 0.00149. The molecule has 0 spiro atoms. The summed E-state index contributed by atoms with van der Waals surface area (Å²) in [7, 11) is -4.57. The van der Waals surface area contributed by atoms with Crippen molar-refractivity contribution in [2.75, 3.05) is 12.4 Å². The SMILES string of the molecule is CC(C)C1(Oc2cc(C(=O)OCCS(=O)(=O)[O-])ccc2OC(F)(F)F)CCCC1. The van der Waals surface area contributed by atoms with Crippen molar-refractivity contribution < 1.29 is 45.1 Å². The molecule has 1 aromatic rings. The number of halogens is 3. The highest BCUT2D eigenvalue weighted by atomic mass is 32.2. The number of carbonyl (C=O) groups excluding carboxylic acids is 1. The molecule has 29 heavy (non-hydrogen) atoms. The Morgan fingerprint density at radius 1 is 1.21 bits per heavy atom. The van der Waals surface area contributed by atoms with Gasteiger partial charge >= 0.3 is 12.3 Å². The fourth-order valence-electron chi connectivity index (χ4n) is 3.23. The first-order chi connectivity index (χ1) is 13.3. The number of hydrogen-bond acceptors (Lipinski definition) is 7. The Hall–Kier alpha value is -2.01. The highest BCUT2D eigenvalue weighted by Gasteiger charge is 2.41. The van der Waals surface area contributed by atoms with Crippen LogP contribution in [0, 0.1) is 5.92 Å². The number of carbonyl (C=O) groups is 1. The minimum Gasteiger partial charge on any atom is -0.748 e. The first-order valence-electron chi connectivity index (χ1n) is 9.01. The van der Waals surface area contributed by atoms with Gasteiger partial charge in [0.1, 0.15) is 12.2 Å². The average molecular weight is 439 g/mol. The largest absolute Gasteiger partial charge is 0.748 e. The lowest BCUT2D eigenvalue weighted by atomic mass is 9.88. The smallest absolute Gasteiger partial charge is 0.573 e. The molecule has 7 nitrogen and oxygen atoms in total. The van der Waals surface area contributed by atoms with Gasteiger partial charge in [0.05, 0.1) is 21.4 Å². The van der Waals surface area contributed by atoms with E-state index in [2.05, 4.69) is 4.74 Å². The molecule has 0 radical (unpaired) electrons. The molecule has 164 valence electrons. The fourth-order valence-corrected chi connectivity index (χ4v) is 3.52. The predicted molar refractivity (Wildman–Crippen MR) is 94.6 cm³/mol. The topological polar surface area (TPSA) is 102 Å². The predicted octanol–water partition coefficient (Wildman–Crippen LogP) is 3.63. The van der Waals surface area contributed by atoms with Gasteiger partial charge < -0.3 is 18.8 Å². The van der Waals surface area contributed by atoms with Gasteiger partial charge in [0.25, 0.3) is 0 Å². The van der Waals surface area contributed by atoms with E-state index in [1.807, 2.05) is 13.8 Å². The van der Waals surface area contributed by atoms with Crippen molar-refractivity contribution in [1.29, 1.82) is 0 Å². The van der Waals surface area contributed by atoms with E-state index in [-0.39, 0.29) is 17.2 Å². The van der Waals surface area contributed by atoms with Crippen molar-refractivity contribution in [1.82, 2.24) is 0 Å². The van der Waals surface area contributed by atoms with Crippen molar-refractivity contribution in [3.8, 4) is 11.5 Å². The molecule has 0 amide bonds. The standard InChI is InChI=1S/C18H23F3O7S/c1-12(2)17(7-3-4-8-17)27-15-11-13(5-6-14(15)28-18(19,20)21)16(22)26-9-10-29(23,24)25/h5-6,11-12H,3-4,7-10H2,1-2H3,(H,23,24,25)/p-1. The van der Waals surface area contributed by atoms with Gasteiger partial charge in [0.15, 0.2) is 11.5 Å². The summed E-state index contributed by atoms with van der Waals surface area (Å²) in [5.41, 5.74) is -0.849. The van der Waals surface area contributed by atoms with E-state index >= 15 is 0 Å². The molecule has 1 fully saturated rings. The molecule has 0 aliphatic heterocycles. The third-order valence-electron chi connectivity index (χ3n) is 4.79. The Morgan fingerprint density at radius 3 is 2.34 bits per heavy atom. The Labute approximate surface area is 166 Å². The molecule has 1 aliphatic rings. The van der Waals surface area contributed by atoms with Crippen LogP contribution in [0.4, 0.5) is 13.2 Å². The number of esters is 1. The maximum Gasteiger partial charge on any atom is 0.573 e. The van der Waals surface area contributed by atoms with Crippen LogP contribution in [0.2, 0.25) is 0 Å². The Balaban J connectivity index is 2.29. The van der Waals surface area contributed by atoms with Gasteiger partial charge in [-0.25, -0.2) is 13.2 Å². The number of hydrogen-bond donors (Lipinski definition) is 0. The second-order valence-corrected chi connectivity index (χ2v) is 8.66. The van der Waals surface area contributed by atoms with Crippen molar-refractivity contribution in [2.24, 2.45) is 5.92 Å². The monoisotopic (exact) mass is 439 g/mol. The molecule has 0 aromatic heterocycles. The molecule has 0 heterocycles. The summed E-state index contributed by atoms with van der Waals surface area (Å²) in [4.78, 5) is 12.1. The van der Waals surface area contributed by atoms with Crippen molar-refractivity contribution in [3.05, 3.63) is 23.8 Å². The third-order valence-corrected chi connectivity index (χ3v) is 5.45. The van der Waals surface area contributed by atoms with Crippen LogP contribution < -0.4 is 9.47 Å². The molecule has 0 bridgehead atoms. The van der Waals surface area contributed by atoms with Gasteiger partial charge in [0.2, 0.25) is 0 Å². The lowest BCUT2D eigenvalue weighted by Gasteiger charge is -2.35.